The van der Waals surface area contributed by atoms with Gasteiger partial charge in [0.05, 0.1) is 6.61 Å². The van der Waals surface area contributed by atoms with Crippen molar-refractivity contribution in [2.45, 2.75) is 0 Å². The van der Waals surface area contributed by atoms with Crippen molar-refractivity contribution in [2.24, 2.45) is 5.92 Å². The van der Waals surface area contributed by atoms with Crippen molar-refractivity contribution in [1.82, 2.24) is 0 Å². The number of ether oxygens (including phenoxy) is 1. The number of carbonyl (C=O) groups excluding carboxylic acids is 1. The lowest BCUT2D eigenvalue weighted by atomic mass is 10.1. The molecule has 0 radical (unpaired) electrons. The molecule has 0 aliphatic carbocycles. The van der Waals surface area contributed by atoms with Crippen LogP contribution in [0.1, 0.15) is 0 Å². The molecule has 1 atom stereocenters. The lowest BCUT2D eigenvalue weighted by Gasteiger charge is -1.97. The fourth-order valence-corrected chi connectivity index (χ4v) is 1.25. The quantitative estimate of drug-likeness (QED) is 0.352. The van der Waals surface area contributed by atoms with Gasteiger partial charge in [-0.05, 0) is 0 Å². The summed E-state index contributed by atoms with van der Waals surface area (Å²) in [6.45, 7) is 4.07. The van der Waals surface area contributed by atoms with Crippen LogP contribution in [0.3, 0.4) is 0 Å². The van der Waals surface area contributed by atoms with Gasteiger partial charge < -0.3 is 4.74 Å². The van der Waals surface area contributed by atoms with Crippen LogP contribution in [0.15, 0.2) is 12.2 Å². The third kappa shape index (κ3) is 1.15. The summed E-state index contributed by atoms with van der Waals surface area (Å²) in [7, 11) is 0. The lowest BCUT2D eigenvalue weighted by molar-refractivity contribution is -0.135. The first-order chi connectivity index (χ1) is 4.25. The summed E-state index contributed by atoms with van der Waals surface area (Å²) in [5.41, 5.74) is 0.590. The van der Waals surface area contributed by atoms with Crippen LogP contribution in [0.5, 0.6) is 0 Å². The van der Waals surface area contributed by atoms with Crippen LogP contribution in [0, 0.1) is 5.92 Å². The van der Waals surface area contributed by atoms with Crippen LogP contribution >= 0.6 is 15.9 Å². The Balaban J connectivity index is 2.62. The van der Waals surface area contributed by atoms with Crippen LogP contribution in [0.25, 0.3) is 0 Å². The Morgan fingerprint density at radius 2 is 2.56 bits per heavy atom. The Labute approximate surface area is 62.0 Å². The second-order valence-corrected chi connectivity index (χ2v) is 2.62. The highest BCUT2D eigenvalue weighted by molar-refractivity contribution is 9.09. The first kappa shape index (κ1) is 6.81. The molecule has 0 spiro atoms. The topological polar surface area (TPSA) is 26.3 Å². The fraction of sp³-hybridized carbons (Fsp3) is 0.500. The van der Waals surface area contributed by atoms with E-state index in [9.17, 15) is 4.79 Å². The molecule has 9 heavy (non-hydrogen) atoms. The second-order valence-electron chi connectivity index (χ2n) is 1.97. The van der Waals surface area contributed by atoms with Gasteiger partial charge in [-0.25, -0.2) is 4.79 Å². The second kappa shape index (κ2) is 2.52. The minimum Gasteiger partial charge on any atom is -0.462 e. The summed E-state index contributed by atoms with van der Waals surface area (Å²) in [4.78, 5) is 10.6. The molecule has 1 aliphatic rings. The van der Waals surface area contributed by atoms with Gasteiger partial charge in [0.1, 0.15) is 0 Å². The summed E-state index contributed by atoms with van der Waals surface area (Å²) in [5, 5.41) is 0.761. The maximum absolute atomic E-state index is 10.6. The molecule has 0 bridgehead atoms. The van der Waals surface area contributed by atoms with Gasteiger partial charge in [-0.15, -0.1) is 0 Å². The predicted molar refractivity (Wildman–Crippen MR) is 37.4 cm³/mol. The molecule has 1 aliphatic heterocycles. The zero-order valence-corrected chi connectivity index (χ0v) is 6.48. The highest BCUT2D eigenvalue weighted by Crippen LogP contribution is 2.20. The van der Waals surface area contributed by atoms with Gasteiger partial charge in [0.15, 0.2) is 0 Å². The Morgan fingerprint density at radius 3 is 2.78 bits per heavy atom. The van der Waals surface area contributed by atoms with Crippen LogP contribution in [-0.2, 0) is 9.53 Å². The summed E-state index contributed by atoms with van der Waals surface area (Å²) in [5.74, 6) is -0.0584. The molecule has 0 N–H and O–H groups in total. The average molecular weight is 191 g/mol. The normalized spacial score (nSPS) is 26.6. The Morgan fingerprint density at radius 1 is 1.89 bits per heavy atom. The SMILES string of the molecule is C=C1C(=O)OC[C@@H]1CBr. The Kier molecular flexibility index (Phi) is 1.90. The van der Waals surface area contributed by atoms with Gasteiger partial charge in [0, 0.05) is 16.8 Å². The molecule has 0 amide bonds. The van der Waals surface area contributed by atoms with Gasteiger partial charge in [-0.1, -0.05) is 22.5 Å². The van der Waals surface area contributed by atoms with Gasteiger partial charge >= 0.3 is 5.97 Å². The van der Waals surface area contributed by atoms with Crippen molar-refractivity contribution >= 4 is 21.9 Å². The maximum Gasteiger partial charge on any atom is 0.333 e. The van der Waals surface area contributed by atoms with E-state index in [1.165, 1.54) is 0 Å². The number of carbonyl (C=O) groups is 1. The van der Waals surface area contributed by atoms with Crippen LogP contribution < -0.4 is 0 Å². The van der Waals surface area contributed by atoms with E-state index in [4.69, 9.17) is 4.74 Å². The number of halogens is 1. The standard InChI is InChI=1S/C6H7BrO2/c1-4-5(2-7)3-9-6(4)8/h5H,1-3H2/t5-/m0/s1. The number of hydrogen-bond acceptors (Lipinski definition) is 2. The van der Waals surface area contributed by atoms with E-state index >= 15 is 0 Å². The Bertz CT molecular complexity index is 153. The van der Waals surface area contributed by atoms with Crippen molar-refractivity contribution in [3.05, 3.63) is 12.2 Å². The first-order valence-corrected chi connectivity index (χ1v) is 3.79. The molecule has 0 aromatic heterocycles. The highest BCUT2D eigenvalue weighted by Gasteiger charge is 2.27. The minimum absolute atomic E-state index is 0.192. The van der Waals surface area contributed by atoms with Crippen molar-refractivity contribution < 1.29 is 9.53 Å². The van der Waals surface area contributed by atoms with Crippen molar-refractivity contribution in [1.29, 1.82) is 0 Å². The summed E-state index contributed by atoms with van der Waals surface area (Å²) >= 11 is 3.25. The monoisotopic (exact) mass is 190 g/mol. The van der Waals surface area contributed by atoms with Crippen molar-refractivity contribution in [3.63, 3.8) is 0 Å². The van der Waals surface area contributed by atoms with E-state index in [1.807, 2.05) is 0 Å². The smallest absolute Gasteiger partial charge is 0.333 e. The number of esters is 1. The molecule has 1 rings (SSSR count). The molecule has 0 unspecified atom stereocenters. The van der Waals surface area contributed by atoms with Gasteiger partial charge in [0.25, 0.3) is 0 Å². The summed E-state index contributed by atoms with van der Waals surface area (Å²) < 4.78 is 4.70. The molecule has 0 aromatic rings. The average Bonchev–Trinajstić information content (AvgIpc) is 2.15. The molecular formula is C6H7BrO2. The molecule has 0 aromatic carbocycles. The highest BCUT2D eigenvalue weighted by atomic mass is 79.9. The fourth-order valence-electron chi connectivity index (χ4n) is 0.674. The molecule has 2 nitrogen and oxygen atoms in total. The van der Waals surface area contributed by atoms with Crippen LogP contribution in [-0.4, -0.2) is 17.9 Å². The molecule has 1 saturated heterocycles. The third-order valence-corrected chi connectivity index (χ3v) is 2.14. The third-order valence-electron chi connectivity index (χ3n) is 1.36. The molecule has 3 heteroatoms. The van der Waals surface area contributed by atoms with E-state index in [-0.39, 0.29) is 11.9 Å². The van der Waals surface area contributed by atoms with Crippen LogP contribution in [0.4, 0.5) is 0 Å². The van der Waals surface area contributed by atoms with Crippen molar-refractivity contribution in [3.8, 4) is 0 Å². The van der Waals surface area contributed by atoms with E-state index in [0.717, 1.165) is 5.33 Å². The molecule has 1 fully saturated rings. The first-order valence-electron chi connectivity index (χ1n) is 2.67. The van der Waals surface area contributed by atoms with Gasteiger partial charge in [0.2, 0.25) is 0 Å². The Hall–Kier alpha value is -0.310. The number of cyclic esters (lactones) is 1. The minimum atomic E-state index is -0.251. The maximum atomic E-state index is 10.6. The van der Waals surface area contributed by atoms with Crippen LogP contribution in [0.2, 0.25) is 0 Å². The number of hydrogen-bond donors (Lipinski definition) is 0. The summed E-state index contributed by atoms with van der Waals surface area (Å²) in [6, 6.07) is 0. The zero-order chi connectivity index (χ0) is 6.85. The largest absolute Gasteiger partial charge is 0.462 e. The lowest BCUT2D eigenvalue weighted by Crippen LogP contribution is -2.02. The molecular weight excluding hydrogens is 184 g/mol. The van der Waals surface area contributed by atoms with E-state index in [0.29, 0.717) is 12.2 Å². The zero-order valence-electron chi connectivity index (χ0n) is 4.89. The van der Waals surface area contributed by atoms with E-state index < -0.39 is 0 Å². The predicted octanol–water partition coefficient (Wildman–Crippen LogP) is 1.11. The molecule has 0 saturated carbocycles. The van der Waals surface area contributed by atoms with E-state index in [1.54, 1.807) is 0 Å². The number of alkyl halides is 1. The number of rotatable bonds is 1. The van der Waals surface area contributed by atoms with Gasteiger partial charge in [-0.3, -0.25) is 0 Å². The molecule has 1 heterocycles. The van der Waals surface area contributed by atoms with Gasteiger partial charge in [-0.2, -0.15) is 0 Å². The van der Waals surface area contributed by atoms with Crippen molar-refractivity contribution in [2.75, 3.05) is 11.9 Å². The molecule has 50 valence electrons. The van der Waals surface area contributed by atoms with E-state index in [2.05, 4.69) is 22.5 Å². The summed E-state index contributed by atoms with van der Waals surface area (Å²) in [6.07, 6.45) is 0.